The summed E-state index contributed by atoms with van der Waals surface area (Å²) in [6, 6.07) is 0.560. The van der Waals surface area contributed by atoms with Gasteiger partial charge in [-0.3, -0.25) is 0 Å². The van der Waals surface area contributed by atoms with Crippen LogP contribution < -0.4 is 5.32 Å². The summed E-state index contributed by atoms with van der Waals surface area (Å²) in [7, 11) is 3.60. The van der Waals surface area contributed by atoms with Gasteiger partial charge in [-0.05, 0) is 5.92 Å². The van der Waals surface area contributed by atoms with Crippen LogP contribution in [0.2, 0.25) is 0 Å². The van der Waals surface area contributed by atoms with E-state index in [9.17, 15) is 4.79 Å². The quantitative estimate of drug-likeness (QED) is 0.671. The highest BCUT2D eigenvalue weighted by atomic mass is 16.2. The molecule has 1 atom stereocenters. The van der Waals surface area contributed by atoms with Crippen molar-refractivity contribution in [3.63, 3.8) is 0 Å². The molecule has 0 radical (unpaired) electrons. The fourth-order valence-corrected chi connectivity index (χ4v) is 1.68. The van der Waals surface area contributed by atoms with Crippen LogP contribution in [-0.2, 0) is 0 Å². The number of carbonyl (C=O) groups excluding carboxylic acids is 1. The average Bonchev–Trinajstić information content (AvgIpc) is 2.16. The van der Waals surface area contributed by atoms with Crippen LogP contribution in [-0.4, -0.2) is 55.6 Å². The van der Waals surface area contributed by atoms with E-state index in [-0.39, 0.29) is 6.03 Å². The zero-order valence-electron chi connectivity index (χ0n) is 9.58. The molecular weight excluding hydrogens is 178 g/mol. The Hall–Kier alpha value is -0.770. The molecule has 0 saturated carbocycles. The van der Waals surface area contributed by atoms with E-state index in [0.717, 1.165) is 19.6 Å². The number of nitrogens with zero attached hydrogens (tertiary/aromatic N) is 2. The third-order valence-corrected chi connectivity index (χ3v) is 2.66. The predicted octanol–water partition coefficient (Wildman–Crippen LogP) is 0.598. The van der Waals surface area contributed by atoms with E-state index in [1.807, 2.05) is 4.90 Å². The first-order valence-electron chi connectivity index (χ1n) is 5.22. The van der Waals surface area contributed by atoms with Gasteiger partial charge in [-0.2, -0.15) is 0 Å². The van der Waals surface area contributed by atoms with Gasteiger partial charge in [0.2, 0.25) is 0 Å². The number of rotatable bonds is 1. The Labute approximate surface area is 86.2 Å². The van der Waals surface area contributed by atoms with E-state index < -0.39 is 0 Å². The topological polar surface area (TPSA) is 35.6 Å². The van der Waals surface area contributed by atoms with Gasteiger partial charge in [-0.1, -0.05) is 13.8 Å². The lowest BCUT2D eigenvalue weighted by Gasteiger charge is -2.36. The zero-order valence-corrected chi connectivity index (χ0v) is 9.58. The third kappa shape index (κ3) is 2.61. The highest BCUT2D eigenvalue weighted by Crippen LogP contribution is 2.09. The maximum absolute atomic E-state index is 11.7. The van der Waals surface area contributed by atoms with Crippen molar-refractivity contribution in [1.29, 1.82) is 0 Å². The van der Waals surface area contributed by atoms with Crippen molar-refractivity contribution in [3.05, 3.63) is 0 Å². The van der Waals surface area contributed by atoms with E-state index in [1.165, 1.54) is 0 Å². The van der Waals surface area contributed by atoms with Crippen LogP contribution in [0.15, 0.2) is 0 Å². The minimum atomic E-state index is 0.122. The molecule has 1 aliphatic heterocycles. The summed E-state index contributed by atoms with van der Waals surface area (Å²) >= 11 is 0. The van der Waals surface area contributed by atoms with Crippen molar-refractivity contribution in [3.8, 4) is 0 Å². The molecule has 0 aliphatic carbocycles. The Morgan fingerprint density at radius 3 is 2.64 bits per heavy atom. The van der Waals surface area contributed by atoms with Gasteiger partial charge < -0.3 is 15.1 Å². The molecule has 0 aromatic rings. The number of amides is 2. The minimum absolute atomic E-state index is 0.122. The second-order valence-corrected chi connectivity index (χ2v) is 4.43. The van der Waals surface area contributed by atoms with Crippen molar-refractivity contribution in [2.24, 2.45) is 5.92 Å². The molecule has 4 nitrogen and oxygen atoms in total. The molecule has 2 amide bonds. The van der Waals surface area contributed by atoms with Crippen molar-refractivity contribution in [1.82, 2.24) is 15.1 Å². The Balaban J connectivity index is 2.51. The Morgan fingerprint density at radius 2 is 2.14 bits per heavy atom. The lowest BCUT2D eigenvalue weighted by molar-refractivity contribution is 0.144. The van der Waals surface area contributed by atoms with E-state index in [0.29, 0.717) is 12.0 Å². The first-order chi connectivity index (χ1) is 6.52. The number of urea groups is 1. The van der Waals surface area contributed by atoms with Gasteiger partial charge in [-0.25, -0.2) is 4.79 Å². The molecule has 0 aromatic heterocycles. The number of piperazine rings is 1. The average molecular weight is 199 g/mol. The van der Waals surface area contributed by atoms with Gasteiger partial charge in [0.1, 0.15) is 0 Å². The molecule has 1 saturated heterocycles. The molecule has 1 fully saturated rings. The monoisotopic (exact) mass is 199 g/mol. The SMILES string of the molecule is CC(C)C1CN(C(=O)N(C)C)CCN1. The summed E-state index contributed by atoms with van der Waals surface area (Å²) in [5.41, 5.74) is 0. The number of hydrogen-bond donors (Lipinski definition) is 1. The Bertz CT molecular complexity index is 204. The summed E-state index contributed by atoms with van der Waals surface area (Å²) < 4.78 is 0. The molecule has 1 N–H and O–H groups in total. The first kappa shape index (κ1) is 11.3. The van der Waals surface area contributed by atoms with Crippen molar-refractivity contribution >= 4 is 6.03 Å². The molecule has 0 aromatic carbocycles. The van der Waals surface area contributed by atoms with Crippen LogP contribution in [0.25, 0.3) is 0 Å². The van der Waals surface area contributed by atoms with Gasteiger partial charge in [0.15, 0.2) is 0 Å². The second-order valence-electron chi connectivity index (χ2n) is 4.43. The Kier molecular flexibility index (Phi) is 3.75. The summed E-state index contributed by atoms with van der Waals surface area (Å²) in [4.78, 5) is 15.2. The highest BCUT2D eigenvalue weighted by molar-refractivity contribution is 5.74. The predicted molar refractivity (Wildman–Crippen MR) is 57.3 cm³/mol. The largest absolute Gasteiger partial charge is 0.331 e. The van der Waals surface area contributed by atoms with Gasteiger partial charge in [0.25, 0.3) is 0 Å². The van der Waals surface area contributed by atoms with Crippen LogP contribution in [0.4, 0.5) is 4.79 Å². The summed E-state index contributed by atoms with van der Waals surface area (Å²) in [6.45, 7) is 6.92. The molecule has 14 heavy (non-hydrogen) atoms. The van der Waals surface area contributed by atoms with Crippen molar-refractivity contribution in [2.45, 2.75) is 19.9 Å². The third-order valence-electron chi connectivity index (χ3n) is 2.66. The molecule has 1 aliphatic rings. The van der Waals surface area contributed by atoms with Crippen LogP contribution in [0.5, 0.6) is 0 Å². The summed E-state index contributed by atoms with van der Waals surface area (Å²) in [6.07, 6.45) is 0. The smallest absolute Gasteiger partial charge is 0.319 e. The number of hydrogen-bond acceptors (Lipinski definition) is 2. The van der Waals surface area contributed by atoms with Crippen molar-refractivity contribution < 1.29 is 4.79 Å². The molecule has 4 heteroatoms. The standard InChI is InChI=1S/C10H21N3O/c1-8(2)9-7-13(6-5-11-9)10(14)12(3)4/h8-9,11H,5-7H2,1-4H3. The minimum Gasteiger partial charge on any atom is -0.331 e. The normalized spacial score (nSPS) is 22.6. The molecule has 0 bridgehead atoms. The fraction of sp³-hybridized carbons (Fsp3) is 0.900. The molecule has 82 valence electrons. The summed E-state index contributed by atoms with van der Waals surface area (Å²) in [5, 5.41) is 3.43. The second kappa shape index (κ2) is 4.64. The lowest BCUT2D eigenvalue weighted by atomic mass is 10.0. The lowest BCUT2D eigenvalue weighted by Crippen LogP contribution is -2.56. The van der Waals surface area contributed by atoms with Gasteiger partial charge in [-0.15, -0.1) is 0 Å². The molecule has 1 heterocycles. The van der Waals surface area contributed by atoms with Crippen molar-refractivity contribution in [2.75, 3.05) is 33.7 Å². The van der Waals surface area contributed by atoms with Gasteiger partial charge in [0, 0.05) is 39.8 Å². The van der Waals surface area contributed by atoms with Crippen LogP contribution >= 0.6 is 0 Å². The van der Waals surface area contributed by atoms with E-state index in [1.54, 1.807) is 19.0 Å². The maximum atomic E-state index is 11.7. The van der Waals surface area contributed by atoms with Crippen LogP contribution in [0.1, 0.15) is 13.8 Å². The van der Waals surface area contributed by atoms with E-state index in [4.69, 9.17) is 0 Å². The van der Waals surface area contributed by atoms with E-state index >= 15 is 0 Å². The van der Waals surface area contributed by atoms with Gasteiger partial charge >= 0.3 is 6.03 Å². The van der Waals surface area contributed by atoms with E-state index in [2.05, 4.69) is 19.2 Å². The van der Waals surface area contributed by atoms with Crippen LogP contribution in [0.3, 0.4) is 0 Å². The summed E-state index contributed by atoms with van der Waals surface area (Å²) in [5.74, 6) is 0.577. The zero-order chi connectivity index (χ0) is 10.7. The Morgan fingerprint density at radius 1 is 1.50 bits per heavy atom. The maximum Gasteiger partial charge on any atom is 0.319 e. The molecular formula is C10H21N3O. The number of nitrogens with one attached hydrogen (secondary N) is 1. The fourth-order valence-electron chi connectivity index (χ4n) is 1.68. The highest BCUT2D eigenvalue weighted by Gasteiger charge is 2.25. The molecule has 1 unspecified atom stereocenters. The van der Waals surface area contributed by atoms with Crippen LogP contribution in [0, 0.1) is 5.92 Å². The number of carbonyl (C=O) groups is 1. The first-order valence-corrected chi connectivity index (χ1v) is 5.22. The van der Waals surface area contributed by atoms with Gasteiger partial charge in [0.05, 0.1) is 0 Å². The molecule has 0 spiro atoms. The molecule has 1 rings (SSSR count).